The third-order valence-corrected chi connectivity index (χ3v) is 5.29. The number of hydrogen-bond donors (Lipinski definition) is 0. The van der Waals surface area contributed by atoms with E-state index in [1.165, 1.54) is 0 Å². The number of para-hydroxylation sites is 1. The highest BCUT2D eigenvalue weighted by atomic mass is 32.2. The largest absolute Gasteiger partial charge is 0.493 e. The minimum atomic E-state index is -2.93. The van der Waals surface area contributed by atoms with Gasteiger partial charge in [-0.1, -0.05) is 19.1 Å². The zero-order valence-corrected chi connectivity index (χ0v) is 12.5. The second-order valence-corrected chi connectivity index (χ2v) is 7.47. The average Bonchev–Trinajstić information content (AvgIpc) is 2.76. The Labute approximate surface area is 120 Å². The lowest BCUT2D eigenvalue weighted by Gasteiger charge is -2.11. The van der Waals surface area contributed by atoms with E-state index in [9.17, 15) is 13.2 Å². The minimum absolute atomic E-state index is 0.0289. The molecule has 0 amide bonds. The van der Waals surface area contributed by atoms with Gasteiger partial charge in [0.2, 0.25) is 0 Å². The molecule has 4 nitrogen and oxygen atoms in total. The molecule has 0 bridgehead atoms. The van der Waals surface area contributed by atoms with Gasteiger partial charge in [-0.2, -0.15) is 0 Å². The molecular formula is C15H20O4S. The topological polar surface area (TPSA) is 60.4 Å². The van der Waals surface area contributed by atoms with Crippen LogP contribution in [-0.2, 0) is 9.84 Å². The number of ether oxygens (including phenoxy) is 1. The van der Waals surface area contributed by atoms with Crippen molar-refractivity contribution in [3.8, 4) is 5.75 Å². The Bertz CT molecular complexity index is 577. The van der Waals surface area contributed by atoms with Crippen molar-refractivity contribution in [1.29, 1.82) is 0 Å². The first-order valence-electron chi connectivity index (χ1n) is 6.97. The Morgan fingerprint density at radius 3 is 2.75 bits per heavy atom. The Morgan fingerprint density at radius 1 is 1.35 bits per heavy atom. The van der Waals surface area contributed by atoms with Crippen molar-refractivity contribution in [2.45, 2.75) is 26.2 Å². The molecule has 5 heteroatoms. The summed E-state index contributed by atoms with van der Waals surface area (Å²) < 4.78 is 28.4. The molecule has 1 aromatic rings. The smallest absolute Gasteiger partial charge is 0.166 e. The summed E-state index contributed by atoms with van der Waals surface area (Å²) in [6.45, 7) is 2.58. The number of rotatable bonds is 6. The fraction of sp³-hybridized carbons (Fsp3) is 0.533. The molecule has 0 saturated carbocycles. The fourth-order valence-corrected chi connectivity index (χ4v) is 4.30. The number of hydrogen-bond acceptors (Lipinski definition) is 4. The second kappa shape index (κ2) is 6.39. The SMILES string of the molecule is CCCOc1ccccc1C(=O)CC1CCS(=O)(=O)C1. The van der Waals surface area contributed by atoms with E-state index < -0.39 is 9.84 Å². The number of benzene rings is 1. The predicted molar refractivity (Wildman–Crippen MR) is 77.9 cm³/mol. The molecular weight excluding hydrogens is 276 g/mol. The predicted octanol–water partition coefficient (Wildman–Crippen LogP) is 2.48. The van der Waals surface area contributed by atoms with Crippen molar-refractivity contribution in [1.82, 2.24) is 0 Å². The molecule has 0 spiro atoms. The highest BCUT2D eigenvalue weighted by Crippen LogP contribution is 2.26. The van der Waals surface area contributed by atoms with E-state index in [0.29, 0.717) is 24.3 Å². The maximum absolute atomic E-state index is 12.3. The Kier molecular flexibility index (Phi) is 4.81. The Balaban J connectivity index is 2.06. The van der Waals surface area contributed by atoms with E-state index in [-0.39, 0.29) is 29.6 Å². The summed E-state index contributed by atoms with van der Waals surface area (Å²) in [5, 5.41) is 0. The maximum atomic E-state index is 12.3. The fourth-order valence-electron chi connectivity index (χ4n) is 2.44. The van der Waals surface area contributed by atoms with Crippen LogP contribution in [0.4, 0.5) is 0 Å². The lowest BCUT2D eigenvalue weighted by Crippen LogP contribution is -2.12. The van der Waals surface area contributed by atoms with E-state index in [2.05, 4.69) is 0 Å². The number of carbonyl (C=O) groups excluding carboxylic acids is 1. The van der Waals surface area contributed by atoms with Gasteiger partial charge in [-0.05, 0) is 30.9 Å². The molecule has 110 valence electrons. The van der Waals surface area contributed by atoms with Gasteiger partial charge in [0.1, 0.15) is 5.75 Å². The van der Waals surface area contributed by atoms with Crippen molar-refractivity contribution >= 4 is 15.6 Å². The van der Waals surface area contributed by atoms with Crippen LogP contribution in [0.5, 0.6) is 5.75 Å². The van der Waals surface area contributed by atoms with Crippen LogP contribution in [0.25, 0.3) is 0 Å². The van der Waals surface area contributed by atoms with Gasteiger partial charge in [0.05, 0.1) is 23.7 Å². The first kappa shape index (κ1) is 15.0. The lowest BCUT2D eigenvalue weighted by atomic mass is 9.97. The molecule has 1 unspecified atom stereocenters. The summed E-state index contributed by atoms with van der Waals surface area (Å²) in [4.78, 5) is 12.3. The lowest BCUT2D eigenvalue weighted by molar-refractivity contribution is 0.0961. The molecule has 0 radical (unpaired) electrons. The standard InChI is InChI=1S/C15H20O4S/c1-2-8-19-15-6-4-3-5-13(15)14(16)10-12-7-9-20(17,18)11-12/h3-6,12H,2,7-11H2,1H3. The Morgan fingerprint density at radius 2 is 2.10 bits per heavy atom. The van der Waals surface area contributed by atoms with E-state index in [1.807, 2.05) is 13.0 Å². The van der Waals surface area contributed by atoms with Gasteiger partial charge in [0.15, 0.2) is 15.6 Å². The van der Waals surface area contributed by atoms with E-state index in [4.69, 9.17) is 4.74 Å². The first-order valence-corrected chi connectivity index (χ1v) is 8.79. The van der Waals surface area contributed by atoms with Crippen molar-refractivity contribution in [2.24, 2.45) is 5.92 Å². The Hall–Kier alpha value is -1.36. The molecule has 2 rings (SSSR count). The molecule has 1 aromatic carbocycles. The average molecular weight is 296 g/mol. The summed E-state index contributed by atoms with van der Waals surface area (Å²) in [5.41, 5.74) is 0.560. The van der Waals surface area contributed by atoms with Crippen molar-refractivity contribution in [3.63, 3.8) is 0 Å². The van der Waals surface area contributed by atoms with Crippen LogP contribution in [0.1, 0.15) is 36.5 Å². The highest BCUT2D eigenvalue weighted by Gasteiger charge is 2.30. The molecule has 1 atom stereocenters. The van der Waals surface area contributed by atoms with Gasteiger partial charge in [0, 0.05) is 6.42 Å². The van der Waals surface area contributed by atoms with Crippen LogP contribution in [0.15, 0.2) is 24.3 Å². The molecule has 0 N–H and O–H groups in total. The third kappa shape index (κ3) is 3.82. The summed E-state index contributed by atoms with van der Waals surface area (Å²) in [5.74, 6) is 0.862. The van der Waals surface area contributed by atoms with Crippen LogP contribution in [-0.4, -0.2) is 32.3 Å². The molecule has 1 heterocycles. The van der Waals surface area contributed by atoms with Crippen molar-refractivity contribution in [2.75, 3.05) is 18.1 Å². The molecule has 0 aromatic heterocycles. The van der Waals surface area contributed by atoms with Crippen LogP contribution in [0.2, 0.25) is 0 Å². The zero-order valence-electron chi connectivity index (χ0n) is 11.7. The summed E-state index contributed by atoms with van der Waals surface area (Å²) >= 11 is 0. The van der Waals surface area contributed by atoms with Gasteiger partial charge in [0.25, 0.3) is 0 Å². The molecule has 1 saturated heterocycles. The summed E-state index contributed by atoms with van der Waals surface area (Å²) in [7, 11) is -2.93. The van der Waals surface area contributed by atoms with Crippen LogP contribution in [0, 0.1) is 5.92 Å². The minimum Gasteiger partial charge on any atom is -0.493 e. The first-order chi connectivity index (χ1) is 9.52. The third-order valence-electron chi connectivity index (χ3n) is 3.45. The van der Waals surface area contributed by atoms with E-state index in [1.54, 1.807) is 18.2 Å². The van der Waals surface area contributed by atoms with Crippen LogP contribution < -0.4 is 4.74 Å². The van der Waals surface area contributed by atoms with Crippen molar-refractivity contribution in [3.05, 3.63) is 29.8 Å². The number of ketones is 1. The van der Waals surface area contributed by atoms with Gasteiger partial charge < -0.3 is 4.74 Å². The molecule has 1 aliphatic rings. The highest BCUT2D eigenvalue weighted by molar-refractivity contribution is 7.91. The quantitative estimate of drug-likeness (QED) is 0.757. The van der Waals surface area contributed by atoms with Crippen LogP contribution in [0.3, 0.4) is 0 Å². The molecule has 0 aliphatic carbocycles. The summed E-state index contributed by atoms with van der Waals surface area (Å²) in [6.07, 6.45) is 1.75. The van der Waals surface area contributed by atoms with Gasteiger partial charge in [-0.25, -0.2) is 8.42 Å². The second-order valence-electron chi connectivity index (χ2n) is 5.24. The normalized spacial score (nSPS) is 20.8. The molecule has 1 aliphatic heterocycles. The van der Waals surface area contributed by atoms with E-state index >= 15 is 0 Å². The number of carbonyl (C=O) groups is 1. The van der Waals surface area contributed by atoms with Crippen LogP contribution >= 0.6 is 0 Å². The summed E-state index contributed by atoms with van der Waals surface area (Å²) in [6, 6.07) is 7.17. The number of Topliss-reactive ketones (excluding diaryl/α,β-unsaturated/α-hetero) is 1. The molecule has 20 heavy (non-hydrogen) atoms. The number of sulfone groups is 1. The van der Waals surface area contributed by atoms with Gasteiger partial charge >= 0.3 is 0 Å². The van der Waals surface area contributed by atoms with Crippen molar-refractivity contribution < 1.29 is 17.9 Å². The maximum Gasteiger partial charge on any atom is 0.166 e. The molecule has 1 fully saturated rings. The zero-order chi connectivity index (χ0) is 14.6. The van der Waals surface area contributed by atoms with Gasteiger partial charge in [-0.3, -0.25) is 4.79 Å². The van der Waals surface area contributed by atoms with Gasteiger partial charge in [-0.15, -0.1) is 0 Å². The van der Waals surface area contributed by atoms with E-state index in [0.717, 1.165) is 6.42 Å². The monoisotopic (exact) mass is 296 g/mol.